The third kappa shape index (κ3) is 4.49. The van der Waals surface area contributed by atoms with E-state index >= 15 is 0 Å². The van der Waals surface area contributed by atoms with Crippen molar-refractivity contribution in [3.05, 3.63) is 11.6 Å². The number of allylic oxidation sites excluding steroid dienone is 1. The van der Waals surface area contributed by atoms with E-state index in [1.807, 2.05) is 0 Å². The van der Waals surface area contributed by atoms with Crippen LogP contribution in [0, 0.1) is 10.8 Å². The van der Waals surface area contributed by atoms with E-state index < -0.39 is 35.8 Å². The van der Waals surface area contributed by atoms with Crippen molar-refractivity contribution >= 4 is 5.97 Å². The number of carbonyl (C=O) groups excluding carboxylic acids is 1. The molecule has 0 bridgehead atoms. The second-order valence-corrected chi connectivity index (χ2v) is 6.31. The van der Waals surface area contributed by atoms with Crippen molar-refractivity contribution in [2.24, 2.45) is 10.8 Å². The molecule has 0 spiro atoms. The van der Waals surface area contributed by atoms with Crippen LogP contribution in [0.15, 0.2) is 11.6 Å². The number of halogens is 4. The van der Waals surface area contributed by atoms with Gasteiger partial charge in [0.15, 0.2) is 6.61 Å². The molecule has 0 saturated carbocycles. The Morgan fingerprint density at radius 3 is 1.90 bits per heavy atom. The van der Waals surface area contributed by atoms with E-state index in [1.165, 1.54) is 0 Å². The number of alkyl halides is 4. The van der Waals surface area contributed by atoms with Gasteiger partial charge in [0.1, 0.15) is 0 Å². The van der Waals surface area contributed by atoms with Gasteiger partial charge in [-0.2, -0.15) is 8.78 Å². The standard InChI is InChI=1S/C14H22F4O2/c1-9(2)7-13(6,12(3,4)5)11(19)20-8-14(17,18)10(15)16/h7,10H,8H2,1-6H3. The van der Waals surface area contributed by atoms with Gasteiger partial charge in [-0.25, -0.2) is 8.78 Å². The van der Waals surface area contributed by atoms with Crippen molar-refractivity contribution in [2.75, 3.05) is 6.61 Å². The van der Waals surface area contributed by atoms with Crippen molar-refractivity contribution in [3.8, 4) is 0 Å². The molecule has 0 aliphatic heterocycles. The zero-order valence-electron chi connectivity index (χ0n) is 12.7. The molecule has 0 aliphatic rings. The summed E-state index contributed by atoms with van der Waals surface area (Å²) in [6.07, 6.45) is -2.25. The Labute approximate surface area is 117 Å². The Bertz CT molecular complexity index is 379. The van der Waals surface area contributed by atoms with E-state index in [0.29, 0.717) is 0 Å². The maximum absolute atomic E-state index is 12.8. The van der Waals surface area contributed by atoms with Gasteiger partial charge < -0.3 is 4.74 Å². The van der Waals surface area contributed by atoms with Crippen LogP contribution in [0.5, 0.6) is 0 Å². The minimum absolute atomic E-state index is 0.610. The number of rotatable bonds is 5. The van der Waals surface area contributed by atoms with Gasteiger partial charge in [-0.15, -0.1) is 0 Å². The predicted molar refractivity (Wildman–Crippen MR) is 68.9 cm³/mol. The summed E-state index contributed by atoms with van der Waals surface area (Å²) in [5, 5.41) is 0. The molecule has 1 unspecified atom stereocenters. The average molecular weight is 298 g/mol. The molecule has 0 aromatic rings. The van der Waals surface area contributed by atoms with E-state index in [1.54, 1.807) is 47.6 Å². The van der Waals surface area contributed by atoms with Crippen LogP contribution in [0.4, 0.5) is 17.6 Å². The molecular formula is C14H22F4O2. The van der Waals surface area contributed by atoms with Crippen molar-refractivity contribution < 1.29 is 27.1 Å². The fourth-order valence-electron chi connectivity index (χ4n) is 1.53. The van der Waals surface area contributed by atoms with Crippen LogP contribution >= 0.6 is 0 Å². The summed E-state index contributed by atoms with van der Waals surface area (Å²) in [5.74, 6) is -5.27. The van der Waals surface area contributed by atoms with Crippen molar-refractivity contribution in [2.45, 2.75) is 53.9 Å². The van der Waals surface area contributed by atoms with Crippen LogP contribution in [0.1, 0.15) is 41.5 Å². The molecule has 20 heavy (non-hydrogen) atoms. The van der Waals surface area contributed by atoms with Crippen LogP contribution < -0.4 is 0 Å². The Balaban J connectivity index is 5.17. The molecule has 0 rings (SSSR count). The molecule has 0 radical (unpaired) electrons. The Morgan fingerprint density at radius 2 is 1.60 bits per heavy atom. The SMILES string of the molecule is CC(C)=CC(C)(C(=O)OCC(F)(F)C(F)F)C(C)(C)C. The van der Waals surface area contributed by atoms with Gasteiger partial charge >= 0.3 is 18.3 Å². The third-order valence-corrected chi connectivity index (χ3v) is 3.27. The zero-order chi connectivity index (χ0) is 16.4. The molecule has 0 amide bonds. The largest absolute Gasteiger partial charge is 0.458 e. The van der Waals surface area contributed by atoms with Gasteiger partial charge in [0.25, 0.3) is 0 Å². The predicted octanol–water partition coefficient (Wildman–Crippen LogP) is 4.45. The highest BCUT2D eigenvalue weighted by molar-refractivity contribution is 5.80. The summed E-state index contributed by atoms with van der Waals surface area (Å²) in [5.41, 5.74) is -0.981. The fourth-order valence-corrected chi connectivity index (χ4v) is 1.53. The van der Waals surface area contributed by atoms with Gasteiger partial charge in [0.2, 0.25) is 0 Å². The zero-order valence-corrected chi connectivity index (χ0v) is 12.7. The normalized spacial score (nSPS) is 15.8. The maximum atomic E-state index is 12.8. The minimum atomic E-state index is -4.33. The molecule has 6 heteroatoms. The quantitative estimate of drug-likeness (QED) is 0.426. The van der Waals surface area contributed by atoms with Crippen LogP contribution in [0.2, 0.25) is 0 Å². The Morgan fingerprint density at radius 1 is 1.15 bits per heavy atom. The second kappa shape index (κ2) is 6.14. The van der Waals surface area contributed by atoms with E-state index in [0.717, 1.165) is 5.57 Å². The molecular weight excluding hydrogens is 276 g/mol. The molecule has 1 atom stereocenters. The summed E-state index contributed by atoms with van der Waals surface area (Å²) in [7, 11) is 0. The highest BCUT2D eigenvalue weighted by Crippen LogP contribution is 2.42. The number of carbonyl (C=O) groups is 1. The van der Waals surface area contributed by atoms with Crippen molar-refractivity contribution in [3.63, 3.8) is 0 Å². The molecule has 0 heterocycles. The number of hydrogen-bond acceptors (Lipinski definition) is 2. The average Bonchev–Trinajstić information content (AvgIpc) is 2.22. The topological polar surface area (TPSA) is 26.3 Å². The lowest BCUT2D eigenvalue weighted by Gasteiger charge is -2.37. The summed E-state index contributed by atoms with van der Waals surface area (Å²) >= 11 is 0. The molecule has 0 N–H and O–H groups in total. The van der Waals surface area contributed by atoms with E-state index in [4.69, 9.17) is 0 Å². The summed E-state index contributed by atoms with van der Waals surface area (Å²) in [6, 6.07) is 0. The lowest BCUT2D eigenvalue weighted by Crippen LogP contribution is -2.43. The van der Waals surface area contributed by atoms with Gasteiger partial charge in [0, 0.05) is 0 Å². The molecule has 0 aromatic carbocycles. The third-order valence-electron chi connectivity index (χ3n) is 3.27. The smallest absolute Gasteiger partial charge is 0.340 e. The first-order valence-electron chi connectivity index (χ1n) is 6.23. The maximum Gasteiger partial charge on any atom is 0.340 e. The number of hydrogen-bond donors (Lipinski definition) is 0. The van der Waals surface area contributed by atoms with Gasteiger partial charge in [0.05, 0.1) is 5.41 Å². The van der Waals surface area contributed by atoms with Crippen molar-refractivity contribution in [1.82, 2.24) is 0 Å². The molecule has 0 fully saturated rings. The van der Waals surface area contributed by atoms with Gasteiger partial charge in [-0.05, 0) is 26.2 Å². The highest BCUT2D eigenvalue weighted by atomic mass is 19.3. The summed E-state index contributed by atoms with van der Waals surface area (Å²) < 4.78 is 54.2. The van der Waals surface area contributed by atoms with E-state index in [-0.39, 0.29) is 0 Å². The molecule has 118 valence electrons. The lowest BCUT2D eigenvalue weighted by molar-refractivity contribution is -0.188. The van der Waals surface area contributed by atoms with Crippen LogP contribution in [-0.2, 0) is 9.53 Å². The summed E-state index contributed by atoms with van der Waals surface area (Å²) in [4.78, 5) is 12.1. The first-order valence-corrected chi connectivity index (χ1v) is 6.23. The molecule has 0 aromatic heterocycles. The van der Waals surface area contributed by atoms with Crippen LogP contribution in [-0.4, -0.2) is 24.9 Å². The monoisotopic (exact) mass is 298 g/mol. The second-order valence-electron chi connectivity index (χ2n) is 6.31. The number of ether oxygens (including phenoxy) is 1. The molecule has 0 saturated heterocycles. The first kappa shape index (κ1) is 18.9. The van der Waals surface area contributed by atoms with Gasteiger partial charge in [-0.1, -0.05) is 32.4 Å². The van der Waals surface area contributed by atoms with E-state index in [2.05, 4.69) is 4.74 Å². The Hall–Kier alpha value is -1.07. The first-order chi connectivity index (χ1) is 8.74. The fraction of sp³-hybridized carbons (Fsp3) is 0.786. The Kier molecular flexibility index (Phi) is 5.81. The number of esters is 1. The van der Waals surface area contributed by atoms with Crippen LogP contribution in [0.3, 0.4) is 0 Å². The molecule has 2 nitrogen and oxygen atoms in total. The summed E-state index contributed by atoms with van der Waals surface area (Å²) in [6.45, 7) is 8.68. The van der Waals surface area contributed by atoms with Crippen LogP contribution in [0.25, 0.3) is 0 Å². The van der Waals surface area contributed by atoms with Crippen molar-refractivity contribution in [1.29, 1.82) is 0 Å². The lowest BCUT2D eigenvalue weighted by atomic mass is 9.67. The minimum Gasteiger partial charge on any atom is -0.458 e. The van der Waals surface area contributed by atoms with E-state index in [9.17, 15) is 22.4 Å². The highest BCUT2D eigenvalue weighted by Gasteiger charge is 2.47. The van der Waals surface area contributed by atoms with Gasteiger partial charge in [-0.3, -0.25) is 4.79 Å². The molecule has 0 aliphatic carbocycles.